The Balaban J connectivity index is 1.88. The van der Waals surface area contributed by atoms with Gasteiger partial charge < -0.3 is 19.7 Å². The van der Waals surface area contributed by atoms with Crippen molar-refractivity contribution >= 4 is 21.5 Å². The average molecular weight is 379 g/mol. The van der Waals surface area contributed by atoms with Gasteiger partial charge in [0, 0.05) is 12.6 Å². The minimum atomic E-state index is -0.0985. The van der Waals surface area contributed by atoms with Gasteiger partial charge in [-0.25, -0.2) is 0 Å². The van der Waals surface area contributed by atoms with Gasteiger partial charge in [0.15, 0.2) is 23.0 Å². The monoisotopic (exact) mass is 379 g/mol. The molecule has 0 amide bonds. The zero-order valence-corrected chi connectivity index (χ0v) is 16.3. The average Bonchev–Trinajstić information content (AvgIpc) is 2.73. The molecule has 5 nitrogen and oxygen atoms in total. The number of phenolic OH excluding ortho intramolecular Hbond substituents is 2. The molecule has 0 bridgehead atoms. The second-order valence-corrected chi connectivity index (χ2v) is 7.92. The smallest absolute Gasteiger partial charge is 0.161 e. The van der Waals surface area contributed by atoms with Gasteiger partial charge in [-0.3, -0.25) is 4.90 Å². The van der Waals surface area contributed by atoms with Crippen molar-refractivity contribution < 1.29 is 19.7 Å². The number of rotatable bonds is 2. The highest BCUT2D eigenvalue weighted by Gasteiger charge is 2.31. The lowest BCUT2D eigenvalue weighted by Crippen LogP contribution is -2.43. The van der Waals surface area contributed by atoms with Gasteiger partial charge in [-0.2, -0.15) is 0 Å². The van der Waals surface area contributed by atoms with Gasteiger partial charge in [0.1, 0.15) is 0 Å². The van der Waals surface area contributed by atoms with E-state index in [9.17, 15) is 10.2 Å². The summed E-state index contributed by atoms with van der Waals surface area (Å²) in [5.41, 5.74) is 2.58. The topological polar surface area (TPSA) is 62.2 Å². The molecule has 1 fully saturated rings. The van der Waals surface area contributed by atoms with Gasteiger partial charge in [0.05, 0.1) is 14.2 Å². The van der Waals surface area contributed by atoms with Crippen molar-refractivity contribution in [3.05, 3.63) is 35.4 Å². The Bertz CT molecular complexity index is 1090. The van der Waals surface area contributed by atoms with Crippen molar-refractivity contribution in [2.75, 3.05) is 20.8 Å². The Kier molecular flexibility index (Phi) is 4.02. The molecule has 2 aliphatic heterocycles. The van der Waals surface area contributed by atoms with E-state index in [0.29, 0.717) is 17.5 Å². The van der Waals surface area contributed by atoms with Crippen LogP contribution < -0.4 is 9.47 Å². The molecule has 1 unspecified atom stereocenters. The van der Waals surface area contributed by atoms with Gasteiger partial charge in [-0.05, 0) is 82.7 Å². The molecule has 2 heterocycles. The second kappa shape index (κ2) is 6.45. The predicted molar refractivity (Wildman–Crippen MR) is 110 cm³/mol. The summed E-state index contributed by atoms with van der Waals surface area (Å²) in [5.74, 6) is 1.20. The maximum atomic E-state index is 10.2. The maximum absolute atomic E-state index is 10.2. The lowest BCUT2D eigenvalue weighted by atomic mass is 9.82. The van der Waals surface area contributed by atoms with Crippen LogP contribution in [0.2, 0.25) is 0 Å². The Hall–Kier alpha value is -2.66. The lowest BCUT2D eigenvalue weighted by Gasteiger charge is -2.41. The molecule has 28 heavy (non-hydrogen) atoms. The summed E-state index contributed by atoms with van der Waals surface area (Å²) < 4.78 is 11.1. The first-order valence-corrected chi connectivity index (χ1v) is 9.90. The van der Waals surface area contributed by atoms with Crippen LogP contribution in [0.4, 0.5) is 0 Å². The highest BCUT2D eigenvalue weighted by molar-refractivity contribution is 6.12. The molecular weight excluding hydrogens is 354 g/mol. The third kappa shape index (κ3) is 2.49. The first-order chi connectivity index (χ1) is 13.6. The quantitative estimate of drug-likeness (QED) is 0.513. The van der Waals surface area contributed by atoms with E-state index in [2.05, 4.69) is 11.0 Å². The van der Waals surface area contributed by atoms with E-state index >= 15 is 0 Å². The van der Waals surface area contributed by atoms with Gasteiger partial charge >= 0.3 is 0 Å². The molecule has 5 heteroatoms. The van der Waals surface area contributed by atoms with Crippen LogP contribution in [0.15, 0.2) is 24.3 Å². The number of hydrogen-bond acceptors (Lipinski definition) is 5. The summed E-state index contributed by atoms with van der Waals surface area (Å²) in [6.07, 6.45) is 4.72. The molecule has 0 spiro atoms. The normalized spacial score (nSPS) is 19.4. The van der Waals surface area contributed by atoms with E-state index in [4.69, 9.17) is 9.47 Å². The molecule has 0 aromatic heterocycles. The summed E-state index contributed by atoms with van der Waals surface area (Å²) in [6.45, 7) is 2.04. The van der Waals surface area contributed by atoms with E-state index < -0.39 is 0 Å². The van der Waals surface area contributed by atoms with Crippen molar-refractivity contribution in [3.63, 3.8) is 0 Å². The number of piperidine rings is 1. The largest absolute Gasteiger partial charge is 0.504 e. The fourth-order valence-corrected chi connectivity index (χ4v) is 5.08. The Morgan fingerprint density at radius 1 is 0.821 bits per heavy atom. The summed E-state index contributed by atoms with van der Waals surface area (Å²) in [5, 5.41) is 24.5. The van der Waals surface area contributed by atoms with Crippen molar-refractivity contribution in [1.82, 2.24) is 4.90 Å². The third-order valence-corrected chi connectivity index (χ3v) is 6.49. The SMILES string of the molecule is COc1cc2c3c(c4cc(O)c(O)cc4c2cc1OC)CC1CCCCN1C3. The molecule has 2 N–H and O–H groups in total. The maximum Gasteiger partial charge on any atom is 0.161 e. The van der Waals surface area contributed by atoms with Crippen molar-refractivity contribution in [2.24, 2.45) is 0 Å². The van der Waals surface area contributed by atoms with Crippen molar-refractivity contribution in [1.29, 1.82) is 0 Å². The number of nitrogens with zero attached hydrogens (tertiary/aromatic N) is 1. The zero-order chi connectivity index (χ0) is 19.4. The van der Waals surface area contributed by atoms with Crippen LogP contribution in [0.3, 0.4) is 0 Å². The molecule has 5 rings (SSSR count). The van der Waals surface area contributed by atoms with Crippen LogP contribution in [-0.4, -0.2) is 41.9 Å². The molecule has 1 atom stereocenters. The van der Waals surface area contributed by atoms with Gasteiger partial charge in [0.2, 0.25) is 0 Å². The number of methoxy groups -OCH3 is 2. The molecule has 0 radical (unpaired) electrons. The van der Waals surface area contributed by atoms with Crippen LogP contribution in [0.25, 0.3) is 21.5 Å². The van der Waals surface area contributed by atoms with E-state index in [1.807, 2.05) is 6.07 Å². The molecule has 0 aliphatic carbocycles. The Morgan fingerprint density at radius 2 is 1.43 bits per heavy atom. The van der Waals surface area contributed by atoms with Crippen LogP contribution in [0, 0.1) is 0 Å². The second-order valence-electron chi connectivity index (χ2n) is 7.92. The highest BCUT2D eigenvalue weighted by atomic mass is 16.5. The summed E-state index contributed by atoms with van der Waals surface area (Å²) in [4.78, 5) is 2.59. The number of ether oxygens (including phenoxy) is 2. The van der Waals surface area contributed by atoms with Crippen LogP contribution in [-0.2, 0) is 13.0 Å². The third-order valence-electron chi connectivity index (χ3n) is 6.49. The zero-order valence-electron chi connectivity index (χ0n) is 16.3. The lowest BCUT2D eigenvalue weighted by molar-refractivity contribution is 0.128. The van der Waals surface area contributed by atoms with E-state index in [1.165, 1.54) is 30.4 Å². The summed E-state index contributed by atoms with van der Waals surface area (Å²) in [7, 11) is 3.29. The van der Waals surface area contributed by atoms with Crippen molar-refractivity contribution in [2.45, 2.75) is 38.3 Å². The molecular formula is C23H25NO4. The van der Waals surface area contributed by atoms with Crippen LogP contribution >= 0.6 is 0 Å². The van der Waals surface area contributed by atoms with Gasteiger partial charge in [-0.15, -0.1) is 0 Å². The summed E-state index contributed by atoms with van der Waals surface area (Å²) in [6, 6.07) is 7.98. The molecule has 3 aromatic rings. The minimum absolute atomic E-state index is 0.0689. The molecule has 1 saturated heterocycles. The van der Waals surface area contributed by atoms with Crippen LogP contribution in [0.5, 0.6) is 23.0 Å². The van der Waals surface area contributed by atoms with Crippen LogP contribution in [0.1, 0.15) is 30.4 Å². The Labute approximate surface area is 164 Å². The summed E-state index contributed by atoms with van der Waals surface area (Å²) >= 11 is 0. The molecule has 3 aromatic carbocycles. The predicted octanol–water partition coefficient (Wildman–Crippen LogP) is 4.33. The van der Waals surface area contributed by atoms with E-state index in [0.717, 1.165) is 41.1 Å². The molecule has 2 aliphatic rings. The number of aromatic hydroxyl groups is 2. The first kappa shape index (κ1) is 17.4. The Morgan fingerprint density at radius 3 is 2.14 bits per heavy atom. The van der Waals surface area contributed by atoms with Gasteiger partial charge in [0.25, 0.3) is 0 Å². The van der Waals surface area contributed by atoms with Crippen molar-refractivity contribution in [3.8, 4) is 23.0 Å². The molecule has 146 valence electrons. The van der Waals surface area contributed by atoms with E-state index in [1.54, 1.807) is 26.4 Å². The number of benzene rings is 3. The number of fused-ring (bicyclic) bond motifs is 7. The number of phenols is 2. The first-order valence-electron chi connectivity index (χ1n) is 9.90. The fraction of sp³-hybridized carbons (Fsp3) is 0.391. The fourth-order valence-electron chi connectivity index (χ4n) is 5.08. The van der Waals surface area contributed by atoms with Gasteiger partial charge in [-0.1, -0.05) is 6.42 Å². The standard InChI is InChI=1S/C23H25NO4/c1-27-22-10-17-16-9-21(26)20(25)8-15(16)14-7-13-5-3-4-6-24(13)12-19(14)18(17)11-23(22)28-2/h8-11,13,25-26H,3-7,12H2,1-2H3. The highest BCUT2D eigenvalue weighted by Crippen LogP contribution is 2.45. The minimum Gasteiger partial charge on any atom is -0.504 e. The van der Waals surface area contributed by atoms with E-state index in [-0.39, 0.29) is 11.5 Å². The number of hydrogen-bond donors (Lipinski definition) is 2. The molecule has 0 saturated carbocycles.